The summed E-state index contributed by atoms with van der Waals surface area (Å²) < 4.78 is 23.9. The summed E-state index contributed by atoms with van der Waals surface area (Å²) in [5, 5.41) is 9.36. The third-order valence-electron chi connectivity index (χ3n) is 4.59. The lowest BCUT2D eigenvalue weighted by Crippen LogP contribution is -2.42. The molecule has 3 N–H and O–H groups in total. The van der Waals surface area contributed by atoms with Crippen LogP contribution in [0.5, 0.6) is 5.75 Å². The fraction of sp³-hybridized carbons (Fsp3) is 0.600. The van der Waals surface area contributed by atoms with Crippen LogP contribution in [-0.2, 0) is 4.74 Å². The van der Waals surface area contributed by atoms with Gasteiger partial charge >= 0.3 is 6.09 Å². The predicted octanol–water partition coefficient (Wildman–Crippen LogP) is 2.98. The summed E-state index contributed by atoms with van der Waals surface area (Å²) >= 11 is 0. The number of aliphatic imine (C=N–C) groups is 1. The highest BCUT2D eigenvalue weighted by atomic mass is 19.1. The number of rotatable bonds is 9. The number of nitrogens with zero attached hydrogens (tertiary/aromatic N) is 1. The minimum absolute atomic E-state index is 0.0526. The Morgan fingerprint density at radius 3 is 2.64 bits per heavy atom. The van der Waals surface area contributed by atoms with Gasteiger partial charge in [-0.3, -0.25) is 4.99 Å². The second kappa shape index (κ2) is 10.7. The second-order valence-electron chi connectivity index (χ2n) is 6.79. The number of carbonyl (C=O) groups excluding carboxylic acids is 1. The van der Waals surface area contributed by atoms with Gasteiger partial charge in [-0.1, -0.05) is 6.07 Å². The molecule has 1 fully saturated rings. The quantitative estimate of drug-likeness (QED) is 0.443. The van der Waals surface area contributed by atoms with Gasteiger partial charge in [0, 0.05) is 6.54 Å². The highest BCUT2D eigenvalue weighted by Gasteiger charge is 2.32. The summed E-state index contributed by atoms with van der Waals surface area (Å²) in [6.45, 7) is 7.16. The fourth-order valence-electron chi connectivity index (χ4n) is 2.89. The van der Waals surface area contributed by atoms with Crippen molar-refractivity contribution < 1.29 is 18.7 Å². The highest BCUT2D eigenvalue weighted by Crippen LogP contribution is 2.32. The number of alkyl carbamates (subject to hydrolysis) is 1. The molecule has 0 spiro atoms. The molecular weight excluding hydrogens is 363 g/mol. The van der Waals surface area contributed by atoms with E-state index < -0.39 is 11.9 Å². The van der Waals surface area contributed by atoms with Crippen LogP contribution in [0.1, 0.15) is 45.2 Å². The van der Waals surface area contributed by atoms with Crippen molar-refractivity contribution >= 4 is 12.1 Å². The molecule has 8 heteroatoms. The number of methoxy groups -OCH3 is 1. The average Bonchev–Trinajstić information content (AvgIpc) is 3.50. The van der Waals surface area contributed by atoms with Gasteiger partial charge in [0.05, 0.1) is 32.3 Å². The molecule has 1 aromatic rings. The van der Waals surface area contributed by atoms with E-state index in [4.69, 9.17) is 9.47 Å². The van der Waals surface area contributed by atoms with Gasteiger partial charge in [-0.05, 0) is 57.2 Å². The lowest BCUT2D eigenvalue weighted by atomic mass is 10.1. The molecule has 0 heterocycles. The lowest BCUT2D eigenvalue weighted by Gasteiger charge is -2.20. The van der Waals surface area contributed by atoms with Gasteiger partial charge in [0.15, 0.2) is 17.5 Å². The van der Waals surface area contributed by atoms with Crippen molar-refractivity contribution in [1.82, 2.24) is 16.0 Å². The molecule has 1 aromatic carbocycles. The number of benzene rings is 1. The number of nitrogens with one attached hydrogen (secondary N) is 3. The zero-order chi connectivity index (χ0) is 20.5. The Morgan fingerprint density at radius 2 is 2.07 bits per heavy atom. The van der Waals surface area contributed by atoms with Crippen LogP contribution < -0.4 is 20.7 Å². The minimum Gasteiger partial charge on any atom is -0.494 e. The first-order valence-corrected chi connectivity index (χ1v) is 9.80. The number of carbonyl (C=O) groups is 1. The summed E-state index contributed by atoms with van der Waals surface area (Å²) in [4.78, 5) is 16.4. The number of guanidine groups is 1. The molecule has 28 heavy (non-hydrogen) atoms. The fourth-order valence-corrected chi connectivity index (χ4v) is 2.89. The maximum absolute atomic E-state index is 14.0. The van der Waals surface area contributed by atoms with Crippen molar-refractivity contribution in [3.05, 3.63) is 29.6 Å². The average molecular weight is 394 g/mol. The van der Waals surface area contributed by atoms with Crippen LogP contribution in [-0.4, -0.2) is 44.9 Å². The molecule has 2 unspecified atom stereocenters. The highest BCUT2D eigenvalue weighted by molar-refractivity contribution is 5.80. The molecule has 2 rings (SSSR count). The van der Waals surface area contributed by atoms with E-state index in [9.17, 15) is 9.18 Å². The molecule has 1 saturated carbocycles. The number of hydrogen-bond donors (Lipinski definition) is 3. The number of halogens is 1. The third kappa shape index (κ3) is 6.58. The first kappa shape index (κ1) is 21.8. The summed E-state index contributed by atoms with van der Waals surface area (Å²) in [5.74, 6) is 0.864. The summed E-state index contributed by atoms with van der Waals surface area (Å²) in [5.41, 5.74) is 0.785. The largest absolute Gasteiger partial charge is 0.494 e. The van der Waals surface area contributed by atoms with Crippen LogP contribution in [0.2, 0.25) is 0 Å². The van der Waals surface area contributed by atoms with Gasteiger partial charge < -0.3 is 25.4 Å². The van der Waals surface area contributed by atoms with Crippen molar-refractivity contribution in [3.8, 4) is 5.75 Å². The van der Waals surface area contributed by atoms with E-state index in [1.807, 2.05) is 19.9 Å². The van der Waals surface area contributed by atoms with Gasteiger partial charge in [0.1, 0.15) is 0 Å². The van der Waals surface area contributed by atoms with Gasteiger partial charge in [-0.25, -0.2) is 9.18 Å². The number of amides is 1. The normalized spacial score (nSPS) is 16.1. The Labute approximate surface area is 166 Å². The van der Waals surface area contributed by atoms with Crippen molar-refractivity contribution in [2.75, 3.05) is 26.8 Å². The van der Waals surface area contributed by atoms with Crippen molar-refractivity contribution in [2.45, 2.75) is 45.7 Å². The molecule has 0 aliphatic heterocycles. The molecule has 2 atom stereocenters. The van der Waals surface area contributed by atoms with Crippen LogP contribution in [0.4, 0.5) is 9.18 Å². The van der Waals surface area contributed by atoms with E-state index in [2.05, 4.69) is 20.9 Å². The topological polar surface area (TPSA) is 84.0 Å². The van der Waals surface area contributed by atoms with Crippen LogP contribution in [0.25, 0.3) is 0 Å². The zero-order valence-corrected chi connectivity index (χ0v) is 17.0. The SMILES string of the molecule is CCNC(=NCC(NC(=O)OCC)C1CC1)NC(C)c1ccc(OC)c(F)c1. The summed E-state index contributed by atoms with van der Waals surface area (Å²) in [7, 11) is 1.44. The third-order valence-corrected chi connectivity index (χ3v) is 4.59. The van der Waals surface area contributed by atoms with Crippen LogP contribution in [0.15, 0.2) is 23.2 Å². The summed E-state index contributed by atoms with van der Waals surface area (Å²) in [6.07, 6.45) is 1.76. The maximum atomic E-state index is 14.0. The van der Waals surface area contributed by atoms with Gasteiger partial charge in [-0.15, -0.1) is 0 Å². The van der Waals surface area contributed by atoms with Gasteiger partial charge in [0.2, 0.25) is 0 Å². The maximum Gasteiger partial charge on any atom is 0.407 e. The molecule has 156 valence electrons. The van der Waals surface area contributed by atoms with E-state index in [-0.39, 0.29) is 17.8 Å². The number of ether oxygens (including phenoxy) is 2. The number of hydrogen-bond acceptors (Lipinski definition) is 4. The van der Waals surface area contributed by atoms with Crippen molar-refractivity contribution in [2.24, 2.45) is 10.9 Å². The molecule has 7 nitrogen and oxygen atoms in total. The molecule has 1 aliphatic rings. The van der Waals surface area contributed by atoms with Gasteiger partial charge in [-0.2, -0.15) is 0 Å². The summed E-state index contributed by atoms with van der Waals surface area (Å²) in [6, 6.07) is 4.67. The smallest absolute Gasteiger partial charge is 0.407 e. The monoisotopic (exact) mass is 394 g/mol. The Hall–Kier alpha value is -2.51. The van der Waals surface area contributed by atoms with E-state index in [0.717, 1.165) is 18.4 Å². The molecule has 1 aliphatic carbocycles. The Bertz CT molecular complexity index is 679. The van der Waals surface area contributed by atoms with E-state index in [0.29, 0.717) is 31.6 Å². The lowest BCUT2D eigenvalue weighted by molar-refractivity contribution is 0.147. The van der Waals surface area contributed by atoms with E-state index in [1.54, 1.807) is 13.0 Å². The molecule has 1 amide bonds. The van der Waals surface area contributed by atoms with Crippen LogP contribution >= 0.6 is 0 Å². The Balaban J connectivity index is 2.02. The minimum atomic E-state index is -0.408. The Kier molecular flexibility index (Phi) is 8.35. The van der Waals surface area contributed by atoms with E-state index in [1.165, 1.54) is 13.2 Å². The second-order valence-corrected chi connectivity index (χ2v) is 6.79. The van der Waals surface area contributed by atoms with Crippen molar-refractivity contribution in [3.63, 3.8) is 0 Å². The van der Waals surface area contributed by atoms with Crippen LogP contribution in [0.3, 0.4) is 0 Å². The van der Waals surface area contributed by atoms with E-state index >= 15 is 0 Å². The molecule has 0 aromatic heterocycles. The first-order chi connectivity index (χ1) is 13.5. The Morgan fingerprint density at radius 1 is 1.32 bits per heavy atom. The van der Waals surface area contributed by atoms with Crippen molar-refractivity contribution in [1.29, 1.82) is 0 Å². The molecule has 0 radical (unpaired) electrons. The molecule has 0 bridgehead atoms. The predicted molar refractivity (Wildman–Crippen MR) is 107 cm³/mol. The molecule has 0 saturated heterocycles. The van der Waals surface area contributed by atoms with Gasteiger partial charge in [0.25, 0.3) is 0 Å². The van der Waals surface area contributed by atoms with Crippen LogP contribution in [0, 0.1) is 11.7 Å². The molecular formula is C20H31FN4O3. The standard InChI is InChI=1S/C20H31FN4O3/c1-5-22-19(23-12-17(14-7-8-14)25-20(26)28-6-2)24-13(3)15-9-10-18(27-4)16(21)11-15/h9-11,13-14,17H,5-8,12H2,1-4H3,(H,25,26)(H2,22,23,24). The first-order valence-electron chi connectivity index (χ1n) is 9.80. The zero-order valence-electron chi connectivity index (χ0n) is 17.0.